The summed E-state index contributed by atoms with van der Waals surface area (Å²) in [6.07, 6.45) is -1.18. The summed E-state index contributed by atoms with van der Waals surface area (Å²) in [6.45, 7) is 4.28. The van der Waals surface area contributed by atoms with Gasteiger partial charge in [-0.15, -0.1) is 0 Å². The summed E-state index contributed by atoms with van der Waals surface area (Å²) in [7, 11) is 1.58. The van der Waals surface area contributed by atoms with Crippen molar-refractivity contribution in [2.75, 3.05) is 79.0 Å². The molecule has 4 rings (SSSR count). The molecule has 1 aliphatic rings. The molecule has 2 amide bonds. The van der Waals surface area contributed by atoms with E-state index in [1.807, 2.05) is 30.3 Å². The van der Waals surface area contributed by atoms with Crippen LogP contribution in [0.2, 0.25) is 0 Å². The summed E-state index contributed by atoms with van der Waals surface area (Å²) in [6, 6.07) is 11.9. The van der Waals surface area contributed by atoms with E-state index in [9.17, 15) is 18.4 Å². The number of aromatic nitrogens is 1. The van der Waals surface area contributed by atoms with Gasteiger partial charge in [0.2, 0.25) is 0 Å². The molecule has 0 bridgehead atoms. The van der Waals surface area contributed by atoms with Gasteiger partial charge in [-0.1, -0.05) is 30.3 Å². The fourth-order valence-corrected chi connectivity index (χ4v) is 4.72. The second kappa shape index (κ2) is 16.9. The molecule has 12 nitrogen and oxygen atoms in total. The molecule has 240 valence electrons. The summed E-state index contributed by atoms with van der Waals surface area (Å²) < 4.78 is 57.8. The topological polar surface area (TPSA) is 124 Å². The second-order valence-corrected chi connectivity index (χ2v) is 9.94. The molecule has 2 aromatic carbocycles. The van der Waals surface area contributed by atoms with Gasteiger partial charge in [0.15, 0.2) is 23.1 Å². The van der Waals surface area contributed by atoms with Crippen LogP contribution in [0.1, 0.15) is 16.1 Å². The zero-order valence-electron chi connectivity index (χ0n) is 24.6. The van der Waals surface area contributed by atoms with Crippen molar-refractivity contribution in [3.63, 3.8) is 0 Å². The third-order valence-corrected chi connectivity index (χ3v) is 6.92. The van der Waals surface area contributed by atoms with Crippen LogP contribution in [-0.4, -0.2) is 111 Å². The van der Waals surface area contributed by atoms with Crippen LogP contribution in [0.5, 0.6) is 5.75 Å². The van der Waals surface area contributed by atoms with Crippen molar-refractivity contribution in [3.8, 4) is 5.75 Å². The molecule has 1 fully saturated rings. The maximum absolute atomic E-state index is 14.2. The number of hydrogen-bond donors (Lipinski definition) is 2. The molecule has 2 heterocycles. The Morgan fingerprint density at radius 3 is 2.00 bits per heavy atom. The van der Waals surface area contributed by atoms with Gasteiger partial charge >= 0.3 is 6.09 Å². The highest BCUT2D eigenvalue weighted by atomic mass is 19.2. The number of hydrazine groups is 1. The van der Waals surface area contributed by atoms with Gasteiger partial charge in [-0.3, -0.25) is 10.2 Å². The number of fused-ring (bicyclic) bond motifs is 1. The Bertz CT molecular complexity index is 1370. The Morgan fingerprint density at radius 2 is 1.39 bits per heavy atom. The number of amides is 2. The van der Waals surface area contributed by atoms with E-state index < -0.39 is 23.6 Å². The van der Waals surface area contributed by atoms with Crippen molar-refractivity contribution in [2.24, 2.45) is 7.05 Å². The number of hydrogen-bond acceptors (Lipinski definition) is 8. The summed E-state index contributed by atoms with van der Waals surface area (Å²) in [5.41, 5.74) is 3.82. The Kier molecular flexibility index (Phi) is 12.7. The third kappa shape index (κ3) is 9.34. The van der Waals surface area contributed by atoms with E-state index in [4.69, 9.17) is 28.8 Å². The van der Waals surface area contributed by atoms with Crippen molar-refractivity contribution >= 4 is 22.9 Å². The van der Waals surface area contributed by atoms with E-state index in [1.165, 1.54) is 9.58 Å². The van der Waals surface area contributed by atoms with Gasteiger partial charge < -0.3 is 38.3 Å². The van der Waals surface area contributed by atoms with E-state index in [-0.39, 0.29) is 56.2 Å². The Morgan fingerprint density at radius 1 is 0.818 bits per heavy atom. The molecule has 0 unspecified atom stereocenters. The summed E-state index contributed by atoms with van der Waals surface area (Å²) in [4.78, 5) is 26.0. The third-order valence-electron chi connectivity index (χ3n) is 6.92. The van der Waals surface area contributed by atoms with Gasteiger partial charge in [0, 0.05) is 44.7 Å². The van der Waals surface area contributed by atoms with Gasteiger partial charge in [-0.2, -0.15) is 0 Å². The lowest BCUT2D eigenvalue weighted by Crippen LogP contribution is -2.54. The zero-order chi connectivity index (χ0) is 31.3. The number of benzene rings is 2. The molecule has 44 heavy (non-hydrogen) atoms. The second-order valence-electron chi connectivity index (χ2n) is 9.94. The lowest BCUT2D eigenvalue weighted by molar-refractivity contribution is -0.00659. The average molecular weight is 621 g/mol. The number of carboxylic acid groups (broad SMARTS) is 1. The van der Waals surface area contributed by atoms with E-state index in [0.29, 0.717) is 51.8 Å². The maximum atomic E-state index is 14.2. The number of nitrogens with one attached hydrogen (secondary N) is 1. The first-order chi connectivity index (χ1) is 21.3. The Balaban J connectivity index is 1.18. The molecular formula is C30H38F2N4O8. The first kappa shape index (κ1) is 33.1. The molecule has 0 spiro atoms. The average Bonchev–Trinajstić information content (AvgIpc) is 3.27. The number of ether oxygens (including phenoxy) is 5. The zero-order valence-corrected chi connectivity index (χ0v) is 24.6. The largest absolute Gasteiger partial charge is 0.488 e. The molecular weight excluding hydrogens is 582 g/mol. The summed E-state index contributed by atoms with van der Waals surface area (Å²) >= 11 is 0. The van der Waals surface area contributed by atoms with Crippen molar-refractivity contribution < 1.29 is 47.2 Å². The lowest BCUT2D eigenvalue weighted by Gasteiger charge is -2.34. The molecule has 14 heteroatoms. The van der Waals surface area contributed by atoms with Crippen LogP contribution < -0.4 is 10.2 Å². The number of aryl methyl sites for hydroxylation is 1. The molecule has 2 N–H and O–H groups in total. The minimum absolute atomic E-state index is 0.0563. The predicted octanol–water partition coefficient (Wildman–Crippen LogP) is 3.04. The van der Waals surface area contributed by atoms with Crippen molar-refractivity contribution in [3.05, 3.63) is 65.4 Å². The first-order valence-electron chi connectivity index (χ1n) is 14.3. The van der Waals surface area contributed by atoms with E-state index in [0.717, 1.165) is 17.7 Å². The van der Waals surface area contributed by atoms with Gasteiger partial charge in [0.05, 0.1) is 58.4 Å². The molecule has 0 radical (unpaired) electrons. The molecule has 0 saturated carbocycles. The van der Waals surface area contributed by atoms with Crippen molar-refractivity contribution in [1.29, 1.82) is 0 Å². The summed E-state index contributed by atoms with van der Waals surface area (Å²) in [5, 5.41) is 10.7. The fraction of sp³-hybridized carbons (Fsp3) is 0.467. The smallest absolute Gasteiger partial charge is 0.419 e. The molecule has 1 saturated heterocycles. The number of nitrogens with zero attached hydrogens (tertiary/aromatic N) is 3. The number of carbonyl (C=O) groups is 2. The van der Waals surface area contributed by atoms with E-state index in [2.05, 4.69) is 5.43 Å². The van der Waals surface area contributed by atoms with Crippen LogP contribution in [0.3, 0.4) is 0 Å². The number of halogens is 2. The highest BCUT2D eigenvalue weighted by Crippen LogP contribution is 2.35. The van der Waals surface area contributed by atoms with Gasteiger partial charge in [0.1, 0.15) is 6.61 Å². The molecule has 0 atom stereocenters. The van der Waals surface area contributed by atoms with E-state index in [1.54, 1.807) is 11.9 Å². The molecule has 1 aliphatic heterocycles. The van der Waals surface area contributed by atoms with Crippen LogP contribution in [0, 0.1) is 11.6 Å². The van der Waals surface area contributed by atoms with Gasteiger partial charge in [0.25, 0.3) is 5.91 Å². The van der Waals surface area contributed by atoms with Crippen LogP contribution in [0.15, 0.2) is 42.5 Å². The van der Waals surface area contributed by atoms with Crippen LogP contribution in [0.25, 0.3) is 10.9 Å². The Labute approximate surface area is 253 Å². The quantitative estimate of drug-likeness (QED) is 0.219. The predicted molar refractivity (Wildman–Crippen MR) is 156 cm³/mol. The maximum Gasteiger partial charge on any atom is 0.419 e. The molecule has 3 aromatic rings. The van der Waals surface area contributed by atoms with Crippen molar-refractivity contribution in [2.45, 2.75) is 6.61 Å². The monoisotopic (exact) mass is 620 g/mol. The van der Waals surface area contributed by atoms with Crippen molar-refractivity contribution in [1.82, 2.24) is 19.9 Å². The SMILES string of the molecule is Cn1c(C(=O)N2CCN(NC(=O)O)CC2)c(OCCOCCOCCOCCOCc2ccccc2)c2cc(F)c(F)cc21. The summed E-state index contributed by atoms with van der Waals surface area (Å²) in [5.74, 6) is -2.37. The highest BCUT2D eigenvalue weighted by Gasteiger charge is 2.30. The first-order valence-corrected chi connectivity index (χ1v) is 14.3. The minimum atomic E-state index is -1.18. The lowest BCUT2D eigenvalue weighted by atomic mass is 10.2. The van der Waals surface area contributed by atoms with Crippen LogP contribution in [0.4, 0.5) is 13.6 Å². The van der Waals surface area contributed by atoms with Gasteiger partial charge in [-0.25, -0.2) is 18.6 Å². The number of piperazine rings is 1. The van der Waals surface area contributed by atoms with Gasteiger partial charge in [-0.05, 0) is 11.6 Å². The van der Waals surface area contributed by atoms with Crippen LogP contribution in [-0.2, 0) is 32.6 Å². The fourth-order valence-electron chi connectivity index (χ4n) is 4.72. The Hall–Kier alpha value is -3.82. The highest BCUT2D eigenvalue weighted by molar-refractivity contribution is 6.04. The number of rotatable bonds is 17. The minimum Gasteiger partial charge on any atom is -0.488 e. The standard InChI is InChI=1S/C30H38F2N4O8/c1-34-26-20-25(32)24(31)19-23(26)28(27(34)29(37)35-7-9-36(10-8-35)33-30(38)39)44-18-17-42-14-13-40-11-12-41-15-16-43-21-22-5-3-2-4-6-22/h2-6,19-20,33H,7-18,21H2,1H3,(H,38,39). The van der Waals surface area contributed by atoms with Crippen LogP contribution >= 0.6 is 0 Å². The van der Waals surface area contributed by atoms with E-state index >= 15 is 0 Å². The molecule has 0 aliphatic carbocycles. The number of carbonyl (C=O) groups excluding carboxylic acids is 1. The normalized spacial score (nSPS) is 13.8. The molecule has 1 aromatic heterocycles.